The van der Waals surface area contributed by atoms with Gasteiger partial charge in [-0.05, 0) is 26.7 Å². The summed E-state index contributed by atoms with van der Waals surface area (Å²) in [6.07, 6.45) is 0.317. The van der Waals surface area contributed by atoms with Crippen LogP contribution in [-0.2, 0) is 28.6 Å². The Bertz CT molecular complexity index is 492. The summed E-state index contributed by atoms with van der Waals surface area (Å²) in [4.78, 5) is 36.9. The molecule has 0 radical (unpaired) electrons. The van der Waals surface area contributed by atoms with E-state index in [1.165, 1.54) is 14.2 Å². The van der Waals surface area contributed by atoms with Gasteiger partial charge in [-0.25, -0.2) is 0 Å². The number of carbonyl (C=O) groups excluding carboxylic acids is 3. The van der Waals surface area contributed by atoms with Crippen LogP contribution in [0.2, 0.25) is 0 Å². The lowest BCUT2D eigenvalue weighted by Crippen LogP contribution is -2.46. The average molecular weight is 424 g/mol. The Labute approximate surface area is 158 Å². The highest BCUT2D eigenvalue weighted by Crippen LogP contribution is 2.43. The van der Waals surface area contributed by atoms with Crippen molar-refractivity contribution < 1.29 is 28.6 Å². The van der Waals surface area contributed by atoms with Crippen LogP contribution in [0, 0.1) is 10.8 Å². The molecule has 0 saturated carbocycles. The first kappa shape index (κ1) is 23.9. The van der Waals surface area contributed by atoms with E-state index in [1.807, 2.05) is 0 Å². The van der Waals surface area contributed by atoms with Crippen LogP contribution in [0.15, 0.2) is 0 Å². The van der Waals surface area contributed by atoms with Gasteiger partial charge in [0.1, 0.15) is 10.9 Å². The maximum Gasteiger partial charge on any atom is 0.322 e. The molecule has 0 heterocycles. The standard InChI is InChI=1S/C17H30BrNO6/c1-15(2,12(20)19-5)10-16(3,13(21)24-7)11-17(4,18)14(22)25-9-8-23-6/h8-11H2,1-7H3,(H,19,20). The minimum absolute atomic E-state index is 0.110. The number of alkyl halides is 1. The Balaban J connectivity index is 5.42. The molecule has 8 heteroatoms. The summed E-state index contributed by atoms with van der Waals surface area (Å²) < 4.78 is 13.8. The van der Waals surface area contributed by atoms with Crippen molar-refractivity contribution in [3.8, 4) is 0 Å². The van der Waals surface area contributed by atoms with Crippen LogP contribution < -0.4 is 5.32 Å². The van der Waals surface area contributed by atoms with Gasteiger partial charge in [-0.2, -0.15) is 0 Å². The molecular formula is C17H30BrNO6. The van der Waals surface area contributed by atoms with Gasteiger partial charge in [-0.3, -0.25) is 14.4 Å². The summed E-state index contributed by atoms with van der Waals surface area (Å²) in [6, 6.07) is 0. The Morgan fingerprint density at radius 1 is 0.960 bits per heavy atom. The van der Waals surface area contributed by atoms with E-state index < -0.39 is 27.1 Å². The summed E-state index contributed by atoms with van der Waals surface area (Å²) >= 11 is 3.37. The van der Waals surface area contributed by atoms with Crippen LogP contribution in [0.5, 0.6) is 0 Å². The van der Waals surface area contributed by atoms with E-state index in [1.54, 1.807) is 34.7 Å². The molecule has 0 aromatic rings. The minimum Gasteiger partial charge on any atom is -0.469 e. The molecule has 0 bridgehead atoms. The van der Waals surface area contributed by atoms with Crippen LogP contribution in [-0.4, -0.2) is 56.7 Å². The number of rotatable bonds is 10. The quantitative estimate of drug-likeness (QED) is 0.328. The minimum atomic E-state index is -1.11. The molecule has 0 saturated heterocycles. The normalized spacial score (nSPS) is 16.3. The van der Waals surface area contributed by atoms with Crippen LogP contribution >= 0.6 is 15.9 Å². The van der Waals surface area contributed by atoms with E-state index in [2.05, 4.69) is 21.2 Å². The van der Waals surface area contributed by atoms with Crippen molar-refractivity contribution in [1.29, 1.82) is 0 Å². The molecule has 146 valence electrons. The molecule has 0 aromatic heterocycles. The molecule has 0 aliphatic rings. The first-order valence-electron chi connectivity index (χ1n) is 8.02. The Kier molecular flexibility index (Phi) is 9.08. The second-order valence-electron chi connectivity index (χ2n) is 7.19. The molecule has 0 fully saturated rings. The zero-order valence-corrected chi connectivity index (χ0v) is 17.7. The van der Waals surface area contributed by atoms with E-state index in [0.717, 1.165) is 0 Å². The molecule has 0 aliphatic carbocycles. The summed E-state index contributed by atoms with van der Waals surface area (Å²) in [6.45, 7) is 7.22. The number of hydrogen-bond acceptors (Lipinski definition) is 6. The van der Waals surface area contributed by atoms with Crippen molar-refractivity contribution in [3.05, 3.63) is 0 Å². The van der Waals surface area contributed by atoms with E-state index in [9.17, 15) is 14.4 Å². The zero-order chi connectivity index (χ0) is 19.9. The lowest BCUT2D eigenvalue weighted by atomic mass is 9.69. The van der Waals surface area contributed by atoms with Crippen molar-refractivity contribution in [2.45, 2.75) is 44.9 Å². The third-order valence-electron chi connectivity index (χ3n) is 4.02. The number of halogens is 1. The molecule has 25 heavy (non-hydrogen) atoms. The Morgan fingerprint density at radius 2 is 1.52 bits per heavy atom. The van der Waals surface area contributed by atoms with Crippen LogP contribution in [0.1, 0.15) is 40.5 Å². The predicted octanol–water partition coefficient (Wildman–Crippen LogP) is 2.06. The van der Waals surface area contributed by atoms with Crippen molar-refractivity contribution in [3.63, 3.8) is 0 Å². The monoisotopic (exact) mass is 423 g/mol. The van der Waals surface area contributed by atoms with Gasteiger partial charge in [0.05, 0.1) is 19.1 Å². The third-order valence-corrected chi connectivity index (χ3v) is 4.62. The predicted molar refractivity (Wildman–Crippen MR) is 97.4 cm³/mol. The second kappa shape index (κ2) is 9.52. The molecule has 2 atom stereocenters. The molecule has 0 rings (SSSR count). The maximum atomic E-state index is 12.4. The van der Waals surface area contributed by atoms with Crippen molar-refractivity contribution in [1.82, 2.24) is 5.32 Å². The number of ether oxygens (including phenoxy) is 3. The third kappa shape index (κ3) is 6.93. The molecule has 1 amide bonds. The van der Waals surface area contributed by atoms with Gasteiger partial charge in [0.25, 0.3) is 0 Å². The number of carbonyl (C=O) groups is 3. The molecule has 0 spiro atoms. The maximum absolute atomic E-state index is 12.4. The van der Waals surface area contributed by atoms with Gasteiger partial charge in [-0.15, -0.1) is 0 Å². The number of methoxy groups -OCH3 is 2. The fourth-order valence-corrected chi connectivity index (χ4v) is 3.75. The van der Waals surface area contributed by atoms with Gasteiger partial charge in [0.2, 0.25) is 5.91 Å². The van der Waals surface area contributed by atoms with Gasteiger partial charge in [0, 0.05) is 19.6 Å². The van der Waals surface area contributed by atoms with E-state index in [0.29, 0.717) is 0 Å². The Hall–Kier alpha value is -1.15. The smallest absolute Gasteiger partial charge is 0.322 e. The van der Waals surface area contributed by atoms with Gasteiger partial charge in [-0.1, -0.05) is 29.8 Å². The summed E-state index contributed by atoms with van der Waals surface area (Å²) in [5.41, 5.74) is -1.88. The molecule has 2 unspecified atom stereocenters. The van der Waals surface area contributed by atoms with E-state index >= 15 is 0 Å². The fraction of sp³-hybridized carbons (Fsp3) is 0.824. The molecule has 0 aromatic carbocycles. The topological polar surface area (TPSA) is 90.9 Å². The number of hydrogen-bond donors (Lipinski definition) is 1. The van der Waals surface area contributed by atoms with Gasteiger partial charge >= 0.3 is 11.9 Å². The first-order chi connectivity index (χ1) is 11.4. The summed E-state index contributed by atoms with van der Waals surface area (Å²) in [5.74, 6) is -1.18. The molecule has 7 nitrogen and oxygen atoms in total. The van der Waals surface area contributed by atoms with Crippen LogP contribution in [0.3, 0.4) is 0 Å². The molecule has 1 N–H and O–H groups in total. The van der Waals surface area contributed by atoms with Crippen molar-refractivity contribution >= 4 is 33.8 Å². The highest BCUT2D eigenvalue weighted by Gasteiger charge is 2.48. The van der Waals surface area contributed by atoms with Gasteiger partial charge in [0.15, 0.2) is 0 Å². The summed E-state index contributed by atoms with van der Waals surface area (Å²) in [7, 11) is 4.34. The Morgan fingerprint density at radius 3 is 1.96 bits per heavy atom. The highest BCUT2D eigenvalue weighted by atomic mass is 79.9. The lowest BCUT2D eigenvalue weighted by molar-refractivity contribution is -0.157. The number of esters is 2. The SMILES string of the molecule is CNC(=O)C(C)(C)CC(C)(CC(C)(Br)C(=O)OCCOC)C(=O)OC. The van der Waals surface area contributed by atoms with E-state index in [4.69, 9.17) is 14.2 Å². The average Bonchev–Trinajstić information content (AvgIpc) is 2.51. The first-order valence-corrected chi connectivity index (χ1v) is 8.81. The van der Waals surface area contributed by atoms with Gasteiger partial charge < -0.3 is 19.5 Å². The van der Waals surface area contributed by atoms with Crippen LogP contribution in [0.25, 0.3) is 0 Å². The van der Waals surface area contributed by atoms with Crippen molar-refractivity contribution in [2.24, 2.45) is 10.8 Å². The van der Waals surface area contributed by atoms with Crippen LogP contribution in [0.4, 0.5) is 0 Å². The zero-order valence-electron chi connectivity index (χ0n) is 16.2. The molecule has 0 aliphatic heterocycles. The van der Waals surface area contributed by atoms with Crippen molar-refractivity contribution in [2.75, 3.05) is 34.5 Å². The lowest BCUT2D eigenvalue weighted by Gasteiger charge is -2.37. The fourth-order valence-electron chi connectivity index (χ4n) is 3.02. The second-order valence-corrected chi connectivity index (χ2v) is 8.95. The largest absolute Gasteiger partial charge is 0.469 e. The van der Waals surface area contributed by atoms with E-state index in [-0.39, 0.29) is 32.0 Å². The molecular weight excluding hydrogens is 394 g/mol. The number of amides is 1. The highest BCUT2D eigenvalue weighted by molar-refractivity contribution is 9.10. The summed E-state index contributed by atoms with van der Waals surface area (Å²) in [5, 5.41) is 2.60. The number of nitrogens with one attached hydrogen (secondary N) is 1.